The van der Waals surface area contributed by atoms with E-state index in [4.69, 9.17) is 0 Å². The highest BCUT2D eigenvalue weighted by Crippen LogP contribution is 2.51. The van der Waals surface area contributed by atoms with E-state index in [1.165, 1.54) is 0 Å². The van der Waals surface area contributed by atoms with Gasteiger partial charge in [0.25, 0.3) is 0 Å². The van der Waals surface area contributed by atoms with Crippen molar-refractivity contribution in [2.24, 2.45) is 5.92 Å². The number of aliphatic hydroxyl groups is 1. The first-order valence-corrected chi connectivity index (χ1v) is 12.9. The molecule has 2 aliphatic rings. The van der Waals surface area contributed by atoms with Gasteiger partial charge in [0.2, 0.25) is 10.0 Å². The predicted molar refractivity (Wildman–Crippen MR) is 132 cm³/mol. The van der Waals surface area contributed by atoms with Crippen LogP contribution < -0.4 is 4.90 Å². The summed E-state index contributed by atoms with van der Waals surface area (Å²) in [6.45, 7) is 2.25. The number of hydrogen-bond acceptors (Lipinski definition) is 5. The van der Waals surface area contributed by atoms with Crippen molar-refractivity contribution in [3.63, 3.8) is 0 Å². The summed E-state index contributed by atoms with van der Waals surface area (Å²) >= 11 is 0. The number of likely N-dealkylation sites (N-methyl/N-ethyl adjacent to an activating group) is 1. The van der Waals surface area contributed by atoms with E-state index in [9.17, 15) is 18.8 Å². The first-order chi connectivity index (χ1) is 16.3. The molecule has 3 aromatic carbocycles. The SMILES string of the molecule is Cc1cccc(S(=O)(=O)N2CC[C@H]3[C@@H](CO)N(C)c4ccc(-c5cccc(C#N)c5)cc4[C@H]32)c1. The number of benzene rings is 3. The fourth-order valence-corrected chi connectivity index (χ4v) is 7.31. The Bertz CT molecular complexity index is 1400. The number of rotatable bonds is 4. The molecule has 1 N–H and O–H groups in total. The van der Waals surface area contributed by atoms with Gasteiger partial charge in [-0.1, -0.05) is 30.3 Å². The second kappa shape index (κ2) is 8.55. The molecule has 34 heavy (non-hydrogen) atoms. The number of nitrogens with zero attached hydrogens (tertiary/aromatic N) is 3. The molecule has 0 saturated carbocycles. The normalized spacial score (nSPS) is 22.2. The van der Waals surface area contributed by atoms with Crippen molar-refractivity contribution in [3.05, 3.63) is 83.4 Å². The Morgan fingerprint density at radius 1 is 1.06 bits per heavy atom. The molecule has 3 atom stereocenters. The minimum atomic E-state index is -3.72. The van der Waals surface area contributed by atoms with Crippen LogP contribution >= 0.6 is 0 Å². The molecule has 174 valence electrons. The molecule has 3 aromatic rings. The molecular weight excluding hydrogens is 446 g/mol. The molecule has 7 heteroatoms. The maximum absolute atomic E-state index is 13.8. The molecule has 1 fully saturated rings. The lowest BCUT2D eigenvalue weighted by molar-refractivity contribution is 0.193. The van der Waals surface area contributed by atoms with E-state index >= 15 is 0 Å². The van der Waals surface area contributed by atoms with Crippen molar-refractivity contribution in [2.75, 3.05) is 25.1 Å². The van der Waals surface area contributed by atoms with Crippen molar-refractivity contribution in [1.82, 2.24) is 4.31 Å². The first kappa shape index (κ1) is 22.6. The van der Waals surface area contributed by atoms with Crippen molar-refractivity contribution in [1.29, 1.82) is 5.26 Å². The summed E-state index contributed by atoms with van der Waals surface area (Å²) < 4.78 is 29.2. The monoisotopic (exact) mass is 473 g/mol. The van der Waals surface area contributed by atoms with Crippen molar-refractivity contribution < 1.29 is 13.5 Å². The Labute approximate surface area is 200 Å². The average molecular weight is 474 g/mol. The molecule has 1 saturated heterocycles. The lowest BCUT2D eigenvalue weighted by atomic mass is 9.81. The fraction of sp³-hybridized carbons (Fsp3) is 0.296. The number of anilines is 1. The van der Waals surface area contributed by atoms with Crippen LogP contribution in [-0.4, -0.2) is 44.1 Å². The third-order valence-electron chi connectivity index (χ3n) is 7.22. The van der Waals surface area contributed by atoms with Crippen LogP contribution in [-0.2, 0) is 10.0 Å². The van der Waals surface area contributed by atoms with E-state index in [1.54, 1.807) is 28.6 Å². The van der Waals surface area contributed by atoms with Crippen LogP contribution in [0, 0.1) is 24.2 Å². The standard InChI is InChI=1S/C27H27N3O3S/c1-18-5-3-8-22(13-18)34(32,33)30-12-11-23-26(17-31)29(2)25-10-9-21(15-24(25)27(23)30)20-7-4-6-19(14-20)16-28/h3-10,13-15,23,26-27,31H,11-12,17H2,1-2H3/t23-,26+,27-/m0/s1. The lowest BCUT2D eigenvalue weighted by Gasteiger charge is -2.44. The molecular formula is C27H27N3O3S. The van der Waals surface area contributed by atoms with Gasteiger partial charge in [-0.3, -0.25) is 0 Å². The summed E-state index contributed by atoms with van der Waals surface area (Å²) in [4.78, 5) is 2.38. The highest BCUT2D eigenvalue weighted by molar-refractivity contribution is 7.89. The second-order valence-corrected chi connectivity index (χ2v) is 11.0. The van der Waals surface area contributed by atoms with Gasteiger partial charge in [0.15, 0.2) is 0 Å². The van der Waals surface area contributed by atoms with Gasteiger partial charge >= 0.3 is 0 Å². The average Bonchev–Trinajstić information content (AvgIpc) is 3.30. The van der Waals surface area contributed by atoms with Crippen LogP contribution in [0.1, 0.15) is 29.2 Å². The van der Waals surface area contributed by atoms with E-state index in [0.717, 1.165) is 27.9 Å². The third kappa shape index (κ3) is 3.59. The van der Waals surface area contributed by atoms with Gasteiger partial charge in [0, 0.05) is 25.2 Å². The first-order valence-electron chi connectivity index (χ1n) is 11.4. The van der Waals surface area contributed by atoms with Crippen LogP contribution in [0.3, 0.4) is 0 Å². The Morgan fingerprint density at radius 3 is 2.56 bits per heavy atom. The highest BCUT2D eigenvalue weighted by Gasteiger charge is 2.50. The Hall–Kier alpha value is -3.18. The molecule has 0 aromatic heterocycles. The van der Waals surface area contributed by atoms with Gasteiger partial charge in [-0.2, -0.15) is 9.57 Å². The summed E-state index contributed by atoms with van der Waals surface area (Å²) in [5, 5.41) is 19.5. The molecule has 0 amide bonds. The molecule has 2 heterocycles. The summed E-state index contributed by atoms with van der Waals surface area (Å²) in [6.07, 6.45) is 0.679. The fourth-order valence-electron chi connectivity index (χ4n) is 5.54. The zero-order valence-electron chi connectivity index (χ0n) is 19.2. The van der Waals surface area contributed by atoms with E-state index in [1.807, 2.05) is 50.4 Å². The summed E-state index contributed by atoms with van der Waals surface area (Å²) in [7, 11) is -1.76. The minimum absolute atomic E-state index is 0.0252. The second-order valence-electron chi connectivity index (χ2n) is 9.16. The largest absolute Gasteiger partial charge is 0.394 e. The van der Waals surface area contributed by atoms with Crippen molar-refractivity contribution >= 4 is 15.7 Å². The Balaban J connectivity index is 1.65. The molecule has 0 radical (unpaired) electrons. The minimum Gasteiger partial charge on any atom is -0.394 e. The molecule has 0 aliphatic carbocycles. The number of hydrogen-bond donors (Lipinski definition) is 1. The summed E-state index contributed by atoms with van der Waals surface area (Å²) in [6, 6.07) is 22.2. The zero-order chi connectivity index (χ0) is 24.0. The third-order valence-corrected chi connectivity index (χ3v) is 9.10. The molecule has 5 rings (SSSR count). The summed E-state index contributed by atoms with van der Waals surface area (Å²) in [5.74, 6) is -0.0252. The van der Waals surface area contributed by atoms with Crippen LogP contribution in [0.4, 0.5) is 5.69 Å². The number of sulfonamides is 1. The van der Waals surface area contributed by atoms with E-state index < -0.39 is 10.0 Å². The Morgan fingerprint density at radius 2 is 1.82 bits per heavy atom. The highest BCUT2D eigenvalue weighted by atomic mass is 32.2. The van der Waals surface area contributed by atoms with Crippen LogP contribution in [0.5, 0.6) is 0 Å². The smallest absolute Gasteiger partial charge is 0.243 e. The maximum atomic E-state index is 13.8. The van der Waals surface area contributed by atoms with Crippen molar-refractivity contribution in [3.8, 4) is 17.2 Å². The van der Waals surface area contributed by atoms with Gasteiger partial charge < -0.3 is 10.0 Å². The van der Waals surface area contributed by atoms with Gasteiger partial charge in [-0.05, 0) is 72.0 Å². The molecule has 0 bridgehead atoms. The summed E-state index contributed by atoms with van der Waals surface area (Å²) in [5.41, 5.74) is 5.18. The van der Waals surface area contributed by atoms with Crippen molar-refractivity contribution in [2.45, 2.75) is 30.3 Å². The van der Waals surface area contributed by atoms with Gasteiger partial charge in [-0.25, -0.2) is 8.42 Å². The van der Waals surface area contributed by atoms with Crippen LogP contribution in [0.15, 0.2) is 71.6 Å². The number of aliphatic hydroxyl groups excluding tert-OH is 1. The Kier molecular flexibility index (Phi) is 5.68. The van der Waals surface area contributed by atoms with Gasteiger partial charge in [0.05, 0.1) is 35.2 Å². The lowest BCUT2D eigenvalue weighted by Crippen LogP contribution is -2.48. The maximum Gasteiger partial charge on any atom is 0.243 e. The topological polar surface area (TPSA) is 84.6 Å². The quantitative estimate of drug-likeness (QED) is 0.617. The van der Waals surface area contributed by atoms with E-state index in [2.05, 4.69) is 17.0 Å². The number of fused-ring (bicyclic) bond motifs is 3. The van der Waals surface area contributed by atoms with Gasteiger partial charge in [-0.15, -0.1) is 0 Å². The predicted octanol–water partition coefficient (Wildman–Crippen LogP) is 4.10. The number of aryl methyl sites for hydroxylation is 1. The number of nitriles is 1. The molecule has 2 aliphatic heterocycles. The van der Waals surface area contributed by atoms with Crippen LogP contribution in [0.25, 0.3) is 11.1 Å². The van der Waals surface area contributed by atoms with E-state index in [-0.39, 0.29) is 24.6 Å². The zero-order valence-corrected chi connectivity index (χ0v) is 20.0. The molecule has 0 spiro atoms. The van der Waals surface area contributed by atoms with E-state index in [0.29, 0.717) is 23.4 Å². The molecule has 0 unspecified atom stereocenters. The van der Waals surface area contributed by atoms with Gasteiger partial charge in [0.1, 0.15) is 0 Å². The molecule has 6 nitrogen and oxygen atoms in total. The van der Waals surface area contributed by atoms with Crippen LogP contribution in [0.2, 0.25) is 0 Å².